The molecule has 0 heterocycles. The maximum Gasteiger partial charge on any atom is -0.00655 e. The molecule has 4 unspecified atom stereocenters. The Bertz CT molecular complexity index is 521. The van der Waals surface area contributed by atoms with Crippen molar-refractivity contribution in [1.29, 1.82) is 0 Å². The summed E-state index contributed by atoms with van der Waals surface area (Å²) in [7, 11) is 0. The van der Waals surface area contributed by atoms with E-state index in [2.05, 4.69) is 68.5 Å². The number of hydrogen-bond acceptors (Lipinski definition) is 0. The summed E-state index contributed by atoms with van der Waals surface area (Å²) in [6, 6.07) is 0. The third-order valence-electron chi connectivity index (χ3n) is 7.46. The monoisotopic (exact) mass is 372 g/mol. The van der Waals surface area contributed by atoms with Gasteiger partial charge in [-0.05, 0) is 66.1 Å². The van der Waals surface area contributed by atoms with Crippen molar-refractivity contribution >= 4 is 0 Å². The first-order chi connectivity index (χ1) is 12.2. The molecule has 0 spiro atoms. The molecular formula is C27H48. The van der Waals surface area contributed by atoms with Crippen molar-refractivity contribution < 1.29 is 0 Å². The van der Waals surface area contributed by atoms with E-state index < -0.39 is 0 Å². The van der Waals surface area contributed by atoms with Crippen LogP contribution in [-0.4, -0.2) is 0 Å². The highest BCUT2D eigenvalue weighted by Gasteiger charge is 2.43. The van der Waals surface area contributed by atoms with Crippen LogP contribution in [-0.2, 0) is 0 Å². The van der Waals surface area contributed by atoms with Gasteiger partial charge in [0.2, 0.25) is 0 Å². The SMILES string of the molecule is C=CC(=C)CCC1CCC(C)C(CC(=C)C(C)(CC(C)(C)C)C(C)(C)C)C1. The molecule has 0 aromatic carbocycles. The van der Waals surface area contributed by atoms with Crippen molar-refractivity contribution in [1.82, 2.24) is 0 Å². The number of rotatable bonds is 8. The van der Waals surface area contributed by atoms with E-state index in [0.29, 0.717) is 5.41 Å². The summed E-state index contributed by atoms with van der Waals surface area (Å²) in [5, 5.41) is 0. The standard InChI is InChI=1S/C27H48/c1-12-20(2)13-15-23-16-14-21(3)24(18-23)17-22(4)27(11,26(8,9)10)19-25(5,6)7/h12,21,23-24H,1-2,4,13-19H2,3,5-11H3. The van der Waals surface area contributed by atoms with Crippen molar-refractivity contribution in [2.75, 3.05) is 0 Å². The predicted octanol–water partition coefficient (Wildman–Crippen LogP) is 9.00. The molecule has 27 heavy (non-hydrogen) atoms. The number of allylic oxidation sites excluding steroid dienone is 3. The summed E-state index contributed by atoms with van der Waals surface area (Å²) >= 11 is 0. The fraction of sp³-hybridized carbons (Fsp3) is 0.778. The summed E-state index contributed by atoms with van der Waals surface area (Å²) in [6.45, 7) is 31.9. The van der Waals surface area contributed by atoms with Crippen LogP contribution in [0.2, 0.25) is 0 Å². The molecule has 0 heteroatoms. The van der Waals surface area contributed by atoms with E-state index in [-0.39, 0.29) is 10.8 Å². The van der Waals surface area contributed by atoms with Crippen LogP contribution in [0.1, 0.15) is 100 Å². The van der Waals surface area contributed by atoms with Crippen LogP contribution in [0.25, 0.3) is 0 Å². The molecule has 0 saturated heterocycles. The summed E-state index contributed by atoms with van der Waals surface area (Å²) < 4.78 is 0. The Labute approximate surface area is 171 Å². The van der Waals surface area contributed by atoms with Gasteiger partial charge in [0.1, 0.15) is 0 Å². The Kier molecular flexibility index (Phi) is 8.22. The summed E-state index contributed by atoms with van der Waals surface area (Å²) in [6.07, 6.45) is 10.8. The van der Waals surface area contributed by atoms with E-state index in [1.165, 1.54) is 49.7 Å². The second kappa shape index (κ2) is 9.15. The Hall–Kier alpha value is -0.780. The fourth-order valence-corrected chi connectivity index (χ4v) is 5.07. The minimum absolute atomic E-state index is 0.176. The maximum absolute atomic E-state index is 4.69. The zero-order chi connectivity index (χ0) is 21.0. The average Bonchev–Trinajstić information content (AvgIpc) is 2.52. The van der Waals surface area contributed by atoms with Crippen LogP contribution in [0.15, 0.2) is 37.0 Å². The van der Waals surface area contributed by atoms with Crippen LogP contribution in [0.4, 0.5) is 0 Å². The number of hydrogen-bond donors (Lipinski definition) is 0. The van der Waals surface area contributed by atoms with E-state index in [1.807, 2.05) is 6.08 Å². The van der Waals surface area contributed by atoms with Gasteiger partial charge in [-0.2, -0.15) is 0 Å². The Balaban J connectivity index is 2.86. The third-order valence-corrected chi connectivity index (χ3v) is 7.46. The summed E-state index contributed by atoms with van der Waals surface area (Å²) in [4.78, 5) is 0. The van der Waals surface area contributed by atoms with Crippen LogP contribution in [0.3, 0.4) is 0 Å². The molecule has 0 radical (unpaired) electrons. The first-order valence-corrected chi connectivity index (χ1v) is 11.2. The molecule has 1 aliphatic rings. The molecule has 0 aromatic rings. The summed E-state index contributed by atoms with van der Waals surface area (Å²) in [5.41, 5.74) is 3.40. The molecule has 0 bridgehead atoms. The molecule has 0 amide bonds. The molecule has 1 aliphatic carbocycles. The Morgan fingerprint density at radius 1 is 1.00 bits per heavy atom. The van der Waals surface area contributed by atoms with Gasteiger partial charge in [0.05, 0.1) is 0 Å². The predicted molar refractivity (Wildman–Crippen MR) is 124 cm³/mol. The molecule has 1 rings (SSSR count). The van der Waals surface area contributed by atoms with E-state index in [4.69, 9.17) is 6.58 Å². The van der Waals surface area contributed by atoms with Gasteiger partial charge in [-0.15, -0.1) is 0 Å². The minimum Gasteiger partial charge on any atom is -0.0993 e. The highest BCUT2D eigenvalue weighted by molar-refractivity contribution is 5.16. The van der Waals surface area contributed by atoms with Gasteiger partial charge in [-0.25, -0.2) is 0 Å². The average molecular weight is 373 g/mol. The van der Waals surface area contributed by atoms with Crippen LogP contribution in [0.5, 0.6) is 0 Å². The first kappa shape index (κ1) is 24.3. The van der Waals surface area contributed by atoms with Crippen LogP contribution in [0, 0.1) is 34.0 Å². The van der Waals surface area contributed by atoms with E-state index in [0.717, 1.165) is 24.2 Å². The molecule has 156 valence electrons. The lowest BCUT2D eigenvalue weighted by Crippen LogP contribution is -2.39. The first-order valence-electron chi connectivity index (χ1n) is 11.2. The Morgan fingerprint density at radius 2 is 1.59 bits per heavy atom. The van der Waals surface area contributed by atoms with Gasteiger partial charge in [0.15, 0.2) is 0 Å². The molecular weight excluding hydrogens is 324 g/mol. The molecule has 0 aliphatic heterocycles. The molecule has 1 fully saturated rings. The van der Waals surface area contributed by atoms with Crippen LogP contribution < -0.4 is 0 Å². The van der Waals surface area contributed by atoms with E-state index in [9.17, 15) is 0 Å². The van der Waals surface area contributed by atoms with Gasteiger partial charge in [-0.1, -0.05) is 105 Å². The second-order valence-electron chi connectivity index (χ2n) is 11.9. The van der Waals surface area contributed by atoms with E-state index in [1.54, 1.807) is 0 Å². The lowest BCUT2D eigenvalue weighted by Gasteiger charge is -2.49. The van der Waals surface area contributed by atoms with Gasteiger partial charge in [0.25, 0.3) is 0 Å². The minimum atomic E-state index is 0.176. The van der Waals surface area contributed by atoms with Crippen LogP contribution >= 0.6 is 0 Å². The highest BCUT2D eigenvalue weighted by Crippen LogP contribution is 2.53. The zero-order valence-corrected chi connectivity index (χ0v) is 19.9. The summed E-state index contributed by atoms with van der Waals surface area (Å²) in [5.74, 6) is 2.45. The van der Waals surface area contributed by atoms with Crippen molar-refractivity contribution in [3.05, 3.63) is 37.0 Å². The Morgan fingerprint density at radius 3 is 2.07 bits per heavy atom. The normalized spacial score (nSPS) is 26.3. The molecule has 0 aromatic heterocycles. The largest absolute Gasteiger partial charge is 0.0993 e. The van der Waals surface area contributed by atoms with Gasteiger partial charge in [-0.3, -0.25) is 0 Å². The second-order valence-corrected chi connectivity index (χ2v) is 11.9. The lowest BCUT2D eigenvalue weighted by atomic mass is 9.56. The highest BCUT2D eigenvalue weighted by atomic mass is 14.5. The van der Waals surface area contributed by atoms with Crippen molar-refractivity contribution in [2.45, 2.75) is 100 Å². The fourth-order valence-electron chi connectivity index (χ4n) is 5.07. The van der Waals surface area contributed by atoms with Gasteiger partial charge in [0, 0.05) is 0 Å². The van der Waals surface area contributed by atoms with Crippen molar-refractivity contribution in [3.8, 4) is 0 Å². The molecule has 4 atom stereocenters. The third kappa shape index (κ3) is 6.95. The van der Waals surface area contributed by atoms with Crippen molar-refractivity contribution in [2.24, 2.45) is 34.0 Å². The molecule has 0 nitrogen and oxygen atoms in total. The quantitative estimate of drug-likeness (QED) is 0.294. The van der Waals surface area contributed by atoms with Crippen molar-refractivity contribution in [3.63, 3.8) is 0 Å². The van der Waals surface area contributed by atoms with Gasteiger partial charge >= 0.3 is 0 Å². The topological polar surface area (TPSA) is 0 Å². The maximum atomic E-state index is 4.69. The lowest BCUT2D eigenvalue weighted by molar-refractivity contribution is 0.0795. The smallest absolute Gasteiger partial charge is 0.00655 e. The molecule has 0 N–H and O–H groups in total. The van der Waals surface area contributed by atoms with E-state index >= 15 is 0 Å². The molecule has 1 saturated carbocycles. The zero-order valence-electron chi connectivity index (χ0n) is 19.9. The van der Waals surface area contributed by atoms with Gasteiger partial charge < -0.3 is 0 Å².